The van der Waals surface area contributed by atoms with Gasteiger partial charge in [0.1, 0.15) is 0 Å². The van der Waals surface area contributed by atoms with E-state index in [0.29, 0.717) is 5.41 Å². The Bertz CT molecular complexity index is 242. The molecule has 2 rings (SSSR count). The summed E-state index contributed by atoms with van der Waals surface area (Å²) in [5, 5.41) is 2.15. The van der Waals surface area contributed by atoms with Crippen molar-refractivity contribution < 1.29 is 0 Å². The van der Waals surface area contributed by atoms with Crippen LogP contribution in [-0.2, 0) is 5.41 Å². The first-order chi connectivity index (χ1) is 5.27. The van der Waals surface area contributed by atoms with Crippen LogP contribution in [0.2, 0.25) is 0 Å². The van der Waals surface area contributed by atoms with Gasteiger partial charge in [-0.3, -0.25) is 0 Å². The minimum absolute atomic E-state index is 0.433. The first kappa shape index (κ1) is 7.32. The van der Waals surface area contributed by atoms with E-state index < -0.39 is 0 Å². The maximum Gasteiger partial charge on any atom is 0.0108 e. The van der Waals surface area contributed by atoms with Crippen molar-refractivity contribution in [3.63, 3.8) is 0 Å². The minimum Gasteiger partial charge on any atom is -0.330 e. The monoisotopic (exact) mass is 167 g/mol. The van der Waals surface area contributed by atoms with E-state index in [2.05, 4.69) is 24.4 Å². The lowest BCUT2D eigenvalue weighted by molar-refractivity contribution is 0.678. The fourth-order valence-electron chi connectivity index (χ4n) is 1.70. The maximum atomic E-state index is 5.62. The molecule has 0 radical (unpaired) electrons. The Morgan fingerprint density at radius 2 is 2.64 bits per heavy atom. The van der Waals surface area contributed by atoms with Crippen LogP contribution in [0.5, 0.6) is 0 Å². The van der Waals surface area contributed by atoms with Gasteiger partial charge in [0.2, 0.25) is 0 Å². The average molecular weight is 167 g/mol. The summed E-state index contributed by atoms with van der Waals surface area (Å²) in [6.45, 7) is 3.16. The Labute approximate surface area is 71.2 Å². The van der Waals surface area contributed by atoms with Crippen molar-refractivity contribution in [2.24, 2.45) is 11.7 Å². The lowest BCUT2D eigenvalue weighted by Gasteiger charge is -2.06. The van der Waals surface area contributed by atoms with Gasteiger partial charge in [0.05, 0.1) is 0 Å². The van der Waals surface area contributed by atoms with Crippen LogP contribution in [-0.4, -0.2) is 6.54 Å². The predicted molar refractivity (Wildman–Crippen MR) is 48.8 cm³/mol. The largest absolute Gasteiger partial charge is 0.330 e. The Morgan fingerprint density at radius 1 is 1.82 bits per heavy atom. The summed E-state index contributed by atoms with van der Waals surface area (Å²) in [6.07, 6.45) is 1.28. The molecule has 1 saturated carbocycles. The van der Waals surface area contributed by atoms with Crippen molar-refractivity contribution in [1.29, 1.82) is 0 Å². The number of thiophene rings is 1. The van der Waals surface area contributed by atoms with Crippen LogP contribution in [0.4, 0.5) is 0 Å². The Balaban J connectivity index is 2.19. The molecule has 0 bridgehead atoms. The second-order valence-electron chi connectivity index (χ2n) is 3.53. The predicted octanol–water partition coefficient (Wildman–Crippen LogP) is 1.98. The smallest absolute Gasteiger partial charge is 0.0108 e. The number of rotatable bonds is 2. The molecular formula is C9H13NS. The molecule has 0 amide bonds. The third kappa shape index (κ3) is 1.01. The summed E-state index contributed by atoms with van der Waals surface area (Å²) in [5.41, 5.74) is 6.05. The van der Waals surface area contributed by atoms with Gasteiger partial charge < -0.3 is 5.73 Å². The Hall–Kier alpha value is -0.340. The van der Waals surface area contributed by atoms with E-state index in [-0.39, 0.29) is 0 Å². The molecule has 1 aliphatic rings. The number of nitrogens with two attached hydrogens (primary N) is 1. The van der Waals surface area contributed by atoms with E-state index in [4.69, 9.17) is 5.73 Å². The zero-order valence-electron chi connectivity index (χ0n) is 6.71. The van der Waals surface area contributed by atoms with Crippen LogP contribution in [0.3, 0.4) is 0 Å². The van der Waals surface area contributed by atoms with Crippen LogP contribution in [0, 0.1) is 5.92 Å². The number of hydrogen-bond donors (Lipinski definition) is 1. The SMILES string of the molecule is C[C@]1(c2cccs2)C[C@@H]1CN. The lowest BCUT2D eigenvalue weighted by atomic mass is 10.1. The second-order valence-corrected chi connectivity index (χ2v) is 4.48. The molecule has 1 fully saturated rings. The molecule has 2 N–H and O–H groups in total. The van der Waals surface area contributed by atoms with Crippen molar-refractivity contribution in [2.45, 2.75) is 18.8 Å². The Kier molecular flexibility index (Phi) is 1.55. The van der Waals surface area contributed by atoms with Gasteiger partial charge in [0, 0.05) is 10.3 Å². The molecule has 2 atom stereocenters. The quantitative estimate of drug-likeness (QED) is 0.716. The van der Waals surface area contributed by atoms with E-state index in [0.717, 1.165) is 12.5 Å². The summed E-state index contributed by atoms with van der Waals surface area (Å²) < 4.78 is 0. The summed E-state index contributed by atoms with van der Waals surface area (Å²) in [7, 11) is 0. The van der Waals surface area contributed by atoms with Crippen molar-refractivity contribution in [2.75, 3.05) is 6.54 Å². The second kappa shape index (κ2) is 2.32. The van der Waals surface area contributed by atoms with Crippen molar-refractivity contribution in [1.82, 2.24) is 0 Å². The zero-order chi connectivity index (χ0) is 7.90. The van der Waals surface area contributed by atoms with Gasteiger partial charge in [-0.25, -0.2) is 0 Å². The van der Waals surface area contributed by atoms with E-state index in [1.807, 2.05) is 11.3 Å². The van der Waals surface area contributed by atoms with E-state index >= 15 is 0 Å². The highest BCUT2D eigenvalue weighted by atomic mass is 32.1. The van der Waals surface area contributed by atoms with Gasteiger partial charge in [-0.1, -0.05) is 13.0 Å². The van der Waals surface area contributed by atoms with Crippen molar-refractivity contribution in [3.05, 3.63) is 22.4 Å². The molecule has 2 heteroatoms. The summed E-state index contributed by atoms with van der Waals surface area (Å²) in [5.74, 6) is 0.737. The molecule has 11 heavy (non-hydrogen) atoms. The fourth-order valence-corrected chi connectivity index (χ4v) is 2.68. The number of hydrogen-bond acceptors (Lipinski definition) is 2. The first-order valence-electron chi connectivity index (χ1n) is 4.01. The standard InChI is InChI=1S/C9H13NS/c1-9(5-7(9)6-10)8-3-2-4-11-8/h2-4,7H,5-6,10H2,1H3/t7-,9+/m1/s1. The van der Waals surface area contributed by atoms with Crippen molar-refractivity contribution >= 4 is 11.3 Å². The fraction of sp³-hybridized carbons (Fsp3) is 0.556. The highest BCUT2D eigenvalue weighted by Gasteiger charge is 2.50. The van der Waals surface area contributed by atoms with E-state index in [1.165, 1.54) is 11.3 Å². The normalized spacial score (nSPS) is 35.6. The molecular weight excluding hydrogens is 154 g/mol. The van der Waals surface area contributed by atoms with Crippen LogP contribution in [0.1, 0.15) is 18.2 Å². The zero-order valence-corrected chi connectivity index (χ0v) is 7.53. The molecule has 1 aromatic heterocycles. The molecule has 0 unspecified atom stereocenters. The van der Waals surface area contributed by atoms with Gasteiger partial charge >= 0.3 is 0 Å². The van der Waals surface area contributed by atoms with Gasteiger partial charge in [-0.2, -0.15) is 0 Å². The molecule has 0 saturated heterocycles. The highest BCUT2D eigenvalue weighted by Crippen LogP contribution is 2.54. The molecule has 1 heterocycles. The minimum atomic E-state index is 0.433. The molecule has 0 aromatic carbocycles. The summed E-state index contributed by atoms with van der Waals surface area (Å²) >= 11 is 1.86. The highest BCUT2D eigenvalue weighted by molar-refractivity contribution is 7.10. The Morgan fingerprint density at radius 3 is 3.09 bits per heavy atom. The molecule has 1 aromatic rings. The molecule has 0 aliphatic heterocycles. The lowest BCUT2D eigenvalue weighted by Crippen LogP contribution is -2.10. The van der Waals surface area contributed by atoms with Crippen molar-refractivity contribution in [3.8, 4) is 0 Å². The van der Waals surface area contributed by atoms with Crippen LogP contribution < -0.4 is 5.73 Å². The van der Waals surface area contributed by atoms with Gasteiger partial charge in [0.25, 0.3) is 0 Å². The summed E-state index contributed by atoms with van der Waals surface area (Å²) in [4.78, 5) is 1.51. The maximum absolute atomic E-state index is 5.62. The third-order valence-corrected chi connectivity index (χ3v) is 3.93. The first-order valence-corrected chi connectivity index (χ1v) is 4.89. The molecule has 1 aliphatic carbocycles. The van der Waals surface area contributed by atoms with Crippen LogP contribution in [0.15, 0.2) is 17.5 Å². The molecule has 1 nitrogen and oxygen atoms in total. The van der Waals surface area contributed by atoms with E-state index in [1.54, 1.807) is 0 Å². The third-order valence-electron chi connectivity index (χ3n) is 2.78. The van der Waals surface area contributed by atoms with Gasteiger partial charge in [-0.15, -0.1) is 11.3 Å². The summed E-state index contributed by atoms with van der Waals surface area (Å²) in [6, 6.07) is 4.34. The molecule has 60 valence electrons. The van der Waals surface area contributed by atoms with Crippen LogP contribution >= 0.6 is 11.3 Å². The van der Waals surface area contributed by atoms with Crippen LogP contribution in [0.25, 0.3) is 0 Å². The topological polar surface area (TPSA) is 26.0 Å². The van der Waals surface area contributed by atoms with E-state index in [9.17, 15) is 0 Å². The average Bonchev–Trinajstić information content (AvgIpc) is 2.55. The van der Waals surface area contributed by atoms with Gasteiger partial charge in [0.15, 0.2) is 0 Å². The molecule has 0 spiro atoms. The van der Waals surface area contributed by atoms with Gasteiger partial charge in [-0.05, 0) is 30.3 Å².